The highest BCUT2D eigenvalue weighted by molar-refractivity contribution is 6.17. The molecule has 0 aliphatic rings. The van der Waals surface area contributed by atoms with Crippen molar-refractivity contribution in [1.29, 1.82) is 0 Å². The highest BCUT2D eigenvalue weighted by Crippen LogP contribution is 2.36. The van der Waals surface area contributed by atoms with Crippen LogP contribution < -0.4 is 4.74 Å². The van der Waals surface area contributed by atoms with Crippen molar-refractivity contribution in [2.45, 2.75) is 25.7 Å². The second-order valence-corrected chi connectivity index (χ2v) is 7.53. The molecule has 4 aromatic rings. The van der Waals surface area contributed by atoms with Crippen molar-refractivity contribution in [1.82, 2.24) is 15.2 Å². The number of hydrogen-bond donors (Lipinski definition) is 0. The summed E-state index contributed by atoms with van der Waals surface area (Å²) >= 11 is 5.84. The number of hydrogen-bond acceptors (Lipinski definition) is 6. The van der Waals surface area contributed by atoms with Gasteiger partial charge < -0.3 is 13.6 Å². The second kappa shape index (κ2) is 9.48. The third-order valence-electron chi connectivity index (χ3n) is 5.04. The van der Waals surface area contributed by atoms with Crippen LogP contribution in [0, 0.1) is 18.6 Å². The molecule has 0 amide bonds. The standard InChI is InChI=1S/C23H20ClF2N3O3/c1-13-27-12-21(31-13)18-7-5-14(10-20(18)30-2)22-28-29-23(32-22)17(4-3-9-24)16-8-6-15(25)11-19(16)26/h5-8,10-12,17H,3-4,9H2,1-2H3. The highest BCUT2D eigenvalue weighted by atomic mass is 35.5. The first-order valence-electron chi connectivity index (χ1n) is 9.95. The van der Waals surface area contributed by atoms with E-state index < -0.39 is 17.6 Å². The number of nitrogens with zero attached hydrogens (tertiary/aromatic N) is 3. The number of aromatic nitrogens is 3. The minimum absolute atomic E-state index is 0.226. The van der Waals surface area contributed by atoms with Crippen molar-refractivity contribution in [2.24, 2.45) is 0 Å². The summed E-state index contributed by atoms with van der Waals surface area (Å²) in [4.78, 5) is 4.11. The monoisotopic (exact) mass is 459 g/mol. The lowest BCUT2D eigenvalue weighted by molar-refractivity contribution is 0.414. The van der Waals surface area contributed by atoms with Gasteiger partial charge in [-0.05, 0) is 37.1 Å². The van der Waals surface area contributed by atoms with Gasteiger partial charge in [-0.2, -0.15) is 0 Å². The Labute approximate surface area is 188 Å². The van der Waals surface area contributed by atoms with Gasteiger partial charge in [0, 0.05) is 30.0 Å². The summed E-state index contributed by atoms with van der Waals surface area (Å²) in [5.74, 6) is 0.659. The lowest BCUT2D eigenvalue weighted by atomic mass is 9.94. The Morgan fingerprint density at radius 3 is 2.62 bits per heavy atom. The Bertz CT molecular complexity index is 1220. The van der Waals surface area contributed by atoms with Crippen LogP contribution in [0.5, 0.6) is 5.75 Å². The minimum Gasteiger partial charge on any atom is -0.496 e. The van der Waals surface area contributed by atoms with Crippen molar-refractivity contribution < 1.29 is 22.4 Å². The Morgan fingerprint density at radius 1 is 1.09 bits per heavy atom. The van der Waals surface area contributed by atoms with Gasteiger partial charge in [-0.1, -0.05) is 6.07 Å². The van der Waals surface area contributed by atoms with E-state index >= 15 is 0 Å². The van der Waals surface area contributed by atoms with Gasteiger partial charge >= 0.3 is 0 Å². The molecule has 2 heterocycles. The van der Waals surface area contributed by atoms with Crippen LogP contribution in [0.25, 0.3) is 22.8 Å². The fourth-order valence-electron chi connectivity index (χ4n) is 3.48. The van der Waals surface area contributed by atoms with E-state index in [1.165, 1.54) is 12.1 Å². The van der Waals surface area contributed by atoms with Crippen molar-refractivity contribution >= 4 is 11.6 Å². The third-order valence-corrected chi connectivity index (χ3v) is 5.31. The van der Waals surface area contributed by atoms with Gasteiger partial charge in [0.05, 0.1) is 24.8 Å². The summed E-state index contributed by atoms with van der Waals surface area (Å²) in [7, 11) is 1.55. The van der Waals surface area contributed by atoms with Crippen LogP contribution >= 0.6 is 11.6 Å². The van der Waals surface area contributed by atoms with Gasteiger partial charge in [0.25, 0.3) is 0 Å². The molecule has 0 saturated carbocycles. The molecule has 0 radical (unpaired) electrons. The van der Waals surface area contributed by atoms with E-state index in [2.05, 4.69) is 15.2 Å². The number of aryl methyl sites for hydroxylation is 1. The first kappa shape index (κ1) is 22.0. The van der Waals surface area contributed by atoms with Crippen molar-refractivity contribution in [3.05, 3.63) is 71.6 Å². The second-order valence-electron chi connectivity index (χ2n) is 7.15. The molecule has 4 rings (SSSR count). The summed E-state index contributed by atoms with van der Waals surface area (Å²) in [5.41, 5.74) is 1.63. The summed E-state index contributed by atoms with van der Waals surface area (Å²) in [6, 6.07) is 8.79. The summed E-state index contributed by atoms with van der Waals surface area (Å²) in [6.07, 6.45) is 2.69. The van der Waals surface area contributed by atoms with Crippen LogP contribution in [-0.4, -0.2) is 28.2 Å². The number of alkyl halides is 1. The lowest BCUT2D eigenvalue weighted by Crippen LogP contribution is -2.05. The van der Waals surface area contributed by atoms with Crippen LogP contribution in [0.2, 0.25) is 0 Å². The molecule has 0 bridgehead atoms. The fourth-order valence-corrected chi connectivity index (χ4v) is 3.64. The maximum absolute atomic E-state index is 14.5. The largest absolute Gasteiger partial charge is 0.496 e. The Hall–Kier alpha value is -3.26. The maximum atomic E-state index is 14.5. The van der Waals surface area contributed by atoms with E-state index in [0.717, 1.165) is 11.6 Å². The molecule has 0 saturated heterocycles. The van der Waals surface area contributed by atoms with Crippen LogP contribution in [0.4, 0.5) is 8.78 Å². The zero-order valence-electron chi connectivity index (χ0n) is 17.4. The maximum Gasteiger partial charge on any atom is 0.247 e. The van der Waals surface area contributed by atoms with Crippen LogP contribution in [0.3, 0.4) is 0 Å². The molecular formula is C23H20ClF2N3O3. The number of rotatable bonds is 8. The molecule has 2 aromatic carbocycles. The lowest BCUT2D eigenvalue weighted by Gasteiger charge is -2.14. The zero-order valence-corrected chi connectivity index (χ0v) is 18.2. The molecule has 6 nitrogen and oxygen atoms in total. The Morgan fingerprint density at radius 2 is 1.94 bits per heavy atom. The molecule has 166 valence electrons. The SMILES string of the molecule is COc1cc(-c2nnc(C(CCCCl)c3ccc(F)cc3F)o2)ccc1-c1cnc(C)o1. The molecule has 9 heteroatoms. The van der Waals surface area contributed by atoms with Gasteiger partial charge in [-0.15, -0.1) is 21.8 Å². The molecule has 0 fully saturated rings. The molecule has 0 aliphatic heterocycles. The Kier molecular flexibility index (Phi) is 6.50. The van der Waals surface area contributed by atoms with E-state index in [0.29, 0.717) is 41.7 Å². The van der Waals surface area contributed by atoms with Crippen LogP contribution in [0.15, 0.2) is 51.4 Å². The average Bonchev–Trinajstić information content (AvgIpc) is 3.44. The van der Waals surface area contributed by atoms with Gasteiger partial charge in [0.2, 0.25) is 11.8 Å². The van der Waals surface area contributed by atoms with Gasteiger partial charge in [-0.25, -0.2) is 13.8 Å². The first-order valence-corrected chi connectivity index (χ1v) is 10.5. The molecule has 2 aromatic heterocycles. The van der Waals surface area contributed by atoms with E-state index in [1.807, 2.05) is 6.07 Å². The fraction of sp³-hybridized carbons (Fsp3) is 0.261. The summed E-state index contributed by atoms with van der Waals surface area (Å²) in [5, 5.41) is 8.27. The van der Waals surface area contributed by atoms with E-state index in [9.17, 15) is 8.78 Å². The zero-order chi connectivity index (χ0) is 22.7. The highest BCUT2D eigenvalue weighted by Gasteiger charge is 2.25. The normalized spacial score (nSPS) is 12.2. The summed E-state index contributed by atoms with van der Waals surface area (Å²) < 4.78 is 44.8. The molecule has 0 spiro atoms. The van der Waals surface area contributed by atoms with Gasteiger partial charge in [0.15, 0.2) is 11.7 Å². The van der Waals surface area contributed by atoms with Crippen molar-refractivity contribution in [3.8, 4) is 28.5 Å². The molecule has 1 atom stereocenters. The first-order chi connectivity index (χ1) is 15.5. The topological polar surface area (TPSA) is 74.2 Å². The molecular weight excluding hydrogens is 440 g/mol. The number of methoxy groups -OCH3 is 1. The number of halogens is 3. The van der Waals surface area contributed by atoms with Gasteiger partial charge in [-0.3, -0.25) is 0 Å². The van der Waals surface area contributed by atoms with E-state index in [-0.39, 0.29) is 17.3 Å². The van der Waals surface area contributed by atoms with Gasteiger partial charge in [0.1, 0.15) is 17.4 Å². The predicted molar refractivity (Wildman–Crippen MR) is 115 cm³/mol. The smallest absolute Gasteiger partial charge is 0.247 e. The quantitative estimate of drug-likeness (QED) is 0.295. The predicted octanol–water partition coefficient (Wildman–Crippen LogP) is 6.14. The molecule has 0 N–H and O–H groups in total. The van der Waals surface area contributed by atoms with Crippen molar-refractivity contribution in [3.63, 3.8) is 0 Å². The Balaban J connectivity index is 1.68. The van der Waals surface area contributed by atoms with Crippen LogP contribution in [0.1, 0.15) is 36.1 Å². The third kappa shape index (κ3) is 4.50. The molecule has 0 aliphatic carbocycles. The van der Waals surface area contributed by atoms with Crippen LogP contribution in [-0.2, 0) is 0 Å². The number of oxazole rings is 1. The van der Waals surface area contributed by atoms with E-state index in [4.69, 9.17) is 25.2 Å². The number of ether oxygens (including phenoxy) is 1. The number of benzene rings is 2. The average molecular weight is 460 g/mol. The molecule has 1 unspecified atom stereocenters. The minimum atomic E-state index is -0.669. The summed E-state index contributed by atoms with van der Waals surface area (Å²) in [6.45, 7) is 1.76. The molecule has 32 heavy (non-hydrogen) atoms. The van der Waals surface area contributed by atoms with Crippen molar-refractivity contribution in [2.75, 3.05) is 13.0 Å². The van der Waals surface area contributed by atoms with E-state index in [1.54, 1.807) is 32.4 Å².